The summed E-state index contributed by atoms with van der Waals surface area (Å²) in [7, 11) is 1.54. The van der Waals surface area contributed by atoms with Gasteiger partial charge in [-0.25, -0.2) is 4.39 Å². The van der Waals surface area contributed by atoms with E-state index in [0.717, 1.165) is 38.3 Å². The van der Waals surface area contributed by atoms with E-state index in [1.54, 1.807) is 7.11 Å². The van der Waals surface area contributed by atoms with Gasteiger partial charge in [-0.15, -0.1) is 0 Å². The van der Waals surface area contributed by atoms with Crippen LogP contribution < -0.4 is 0 Å². The Morgan fingerprint density at radius 3 is 2.43 bits per heavy atom. The van der Waals surface area contributed by atoms with E-state index in [2.05, 4.69) is 11.8 Å². The number of hydrogen-bond acceptors (Lipinski definition) is 3. The van der Waals surface area contributed by atoms with E-state index < -0.39 is 0 Å². The summed E-state index contributed by atoms with van der Waals surface area (Å²) < 4.78 is 17.8. The lowest BCUT2D eigenvalue weighted by molar-refractivity contribution is -0.136. The van der Waals surface area contributed by atoms with Crippen LogP contribution in [0.4, 0.5) is 4.39 Å². The summed E-state index contributed by atoms with van der Waals surface area (Å²) in [6, 6.07) is 6.71. The van der Waals surface area contributed by atoms with E-state index >= 15 is 0 Å². The average Bonchev–Trinajstić information content (AvgIpc) is 2.49. The van der Waals surface area contributed by atoms with Crippen LogP contribution in [-0.4, -0.2) is 62.1 Å². The Morgan fingerprint density at radius 1 is 1.24 bits per heavy atom. The highest BCUT2D eigenvalue weighted by atomic mass is 19.1. The fraction of sp³-hybridized carbons (Fsp3) is 0.562. The molecule has 0 saturated carbocycles. The van der Waals surface area contributed by atoms with Crippen LogP contribution >= 0.6 is 0 Å². The van der Waals surface area contributed by atoms with Gasteiger partial charge in [-0.05, 0) is 23.6 Å². The van der Waals surface area contributed by atoms with Crippen LogP contribution in [-0.2, 0) is 9.53 Å². The third-order valence-corrected chi connectivity index (χ3v) is 3.96. The second kappa shape index (κ2) is 7.52. The molecule has 116 valence electrons. The molecule has 21 heavy (non-hydrogen) atoms. The third kappa shape index (κ3) is 4.51. The van der Waals surface area contributed by atoms with Gasteiger partial charge in [0.2, 0.25) is 5.91 Å². The highest BCUT2D eigenvalue weighted by molar-refractivity contribution is 5.77. The van der Waals surface area contributed by atoms with Crippen molar-refractivity contribution in [2.75, 3.05) is 46.4 Å². The quantitative estimate of drug-likeness (QED) is 0.829. The van der Waals surface area contributed by atoms with Gasteiger partial charge in [0.25, 0.3) is 0 Å². The van der Waals surface area contributed by atoms with E-state index in [9.17, 15) is 9.18 Å². The minimum absolute atomic E-state index is 0.0590. The standard InChI is InChI=1S/C16H23FN2O2/c1-13(14-3-5-15(17)6-4-14)11-18-7-9-19(10-8-18)16(20)12-21-2/h3-6,13H,7-12H2,1-2H3. The van der Waals surface area contributed by atoms with Gasteiger partial charge < -0.3 is 9.64 Å². The molecule has 0 aromatic heterocycles. The van der Waals surface area contributed by atoms with Crippen molar-refractivity contribution in [1.29, 1.82) is 0 Å². The molecule has 0 aliphatic carbocycles. The third-order valence-electron chi connectivity index (χ3n) is 3.96. The van der Waals surface area contributed by atoms with Crippen LogP contribution in [0.5, 0.6) is 0 Å². The Labute approximate surface area is 125 Å². The Bertz CT molecular complexity index is 456. The Kier molecular flexibility index (Phi) is 5.70. The second-order valence-corrected chi connectivity index (χ2v) is 5.57. The van der Waals surface area contributed by atoms with Crippen molar-refractivity contribution in [2.24, 2.45) is 0 Å². The molecule has 0 bridgehead atoms. The second-order valence-electron chi connectivity index (χ2n) is 5.57. The highest BCUT2D eigenvalue weighted by Crippen LogP contribution is 2.18. The number of rotatable bonds is 5. The van der Waals surface area contributed by atoms with Crippen molar-refractivity contribution < 1.29 is 13.9 Å². The SMILES string of the molecule is COCC(=O)N1CCN(CC(C)c2ccc(F)cc2)CC1. The molecule has 1 saturated heterocycles. The van der Waals surface area contributed by atoms with Gasteiger partial charge in [-0.3, -0.25) is 9.69 Å². The summed E-state index contributed by atoms with van der Waals surface area (Å²) in [6.45, 7) is 6.48. The predicted molar refractivity (Wildman–Crippen MR) is 79.7 cm³/mol. The topological polar surface area (TPSA) is 32.8 Å². The zero-order valence-electron chi connectivity index (χ0n) is 12.7. The number of hydrogen-bond donors (Lipinski definition) is 0. The first kappa shape index (κ1) is 15.9. The molecule has 1 fully saturated rings. The summed E-state index contributed by atoms with van der Waals surface area (Å²) in [5, 5.41) is 0. The lowest BCUT2D eigenvalue weighted by Gasteiger charge is -2.36. The first-order chi connectivity index (χ1) is 10.1. The number of methoxy groups -OCH3 is 1. The predicted octanol–water partition coefficient (Wildman–Crippen LogP) is 1.72. The fourth-order valence-electron chi connectivity index (χ4n) is 2.68. The maximum atomic E-state index is 12.9. The van der Waals surface area contributed by atoms with Crippen molar-refractivity contribution in [3.05, 3.63) is 35.6 Å². The largest absolute Gasteiger partial charge is 0.375 e. The molecule has 0 radical (unpaired) electrons. The van der Waals surface area contributed by atoms with Crippen molar-refractivity contribution in [1.82, 2.24) is 9.80 Å². The van der Waals surface area contributed by atoms with Crippen molar-refractivity contribution in [2.45, 2.75) is 12.8 Å². The maximum Gasteiger partial charge on any atom is 0.248 e. The number of amides is 1. The van der Waals surface area contributed by atoms with E-state index in [1.165, 1.54) is 12.1 Å². The molecule has 0 N–H and O–H groups in total. The van der Waals surface area contributed by atoms with Gasteiger partial charge in [0, 0.05) is 39.8 Å². The van der Waals surface area contributed by atoms with Crippen LogP contribution in [0, 0.1) is 5.82 Å². The van der Waals surface area contributed by atoms with Gasteiger partial charge in [0.1, 0.15) is 12.4 Å². The smallest absolute Gasteiger partial charge is 0.248 e. The first-order valence-corrected chi connectivity index (χ1v) is 7.34. The summed E-state index contributed by atoms with van der Waals surface area (Å²) >= 11 is 0. The van der Waals surface area contributed by atoms with Gasteiger partial charge in [0.05, 0.1) is 0 Å². The molecule has 4 nitrogen and oxygen atoms in total. The van der Waals surface area contributed by atoms with Gasteiger partial charge in [0.15, 0.2) is 0 Å². The molecule has 2 rings (SSSR count). The Hall–Kier alpha value is -1.46. The number of halogens is 1. The number of piperazine rings is 1. The number of carbonyl (C=O) groups is 1. The lowest BCUT2D eigenvalue weighted by atomic mass is 10.0. The fourth-order valence-corrected chi connectivity index (χ4v) is 2.68. The van der Waals surface area contributed by atoms with Crippen LogP contribution in [0.25, 0.3) is 0 Å². The summed E-state index contributed by atoms with van der Waals surface area (Å²) in [5.74, 6) is 0.215. The maximum absolute atomic E-state index is 12.9. The number of nitrogens with zero attached hydrogens (tertiary/aromatic N) is 2. The molecule has 1 heterocycles. The minimum atomic E-state index is -0.198. The average molecular weight is 294 g/mol. The number of carbonyl (C=O) groups excluding carboxylic acids is 1. The summed E-state index contributed by atoms with van der Waals surface area (Å²) in [4.78, 5) is 15.9. The van der Waals surface area contributed by atoms with Crippen LogP contribution in [0.15, 0.2) is 24.3 Å². The Balaban J connectivity index is 1.80. The zero-order valence-corrected chi connectivity index (χ0v) is 12.7. The normalized spacial score (nSPS) is 17.8. The van der Waals surface area contributed by atoms with Gasteiger partial charge in [-0.2, -0.15) is 0 Å². The summed E-state index contributed by atoms with van der Waals surface area (Å²) in [5.41, 5.74) is 1.15. The van der Waals surface area contributed by atoms with E-state index in [0.29, 0.717) is 5.92 Å². The molecule has 1 aliphatic rings. The van der Waals surface area contributed by atoms with E-state index in [4.69, 9.17) is 4.74 Å². The van der Waals surface area contributed by atoms with Crippen molar-refractivity contribution >= 4 is 5.91 Å². The molecule has 1 unspecified atom stereocenters. The monoisotopic (exact) mass is 294 g/mol. The number of ether oxygens (including phenoxy) is 1. The van der Waals surface area contributed by atoms with Gasteiger partial charge >= 0.3 is 0 Å². The van der Waals surface area contributed by atoms with Gasteiger partial charge in [-0.1, -0.05) is 19.1 Å². The molecule has 1 amide bonds. The first-order valence-electron chi connectivity index (χ1n) is 7.34. The highest BCUT2D eigenvalue weighted by Gasteiger charge is 2.22. The van der Waals surface area contributed by atoms with E-state index in [1.807, 2.05) is 17.0 Å². The Morgan fingerprint density at radius 2 is 1.86 bits per heavy atom. The molecule has 0 spiro atoms. The lowest BCUT2D eigenvalue weighted by Crippen LogP contribution is -2.50. The van der Waals surface area contributed by atoms with Crippen molar-refractivity contribution in [3.63, 3.8) is 0 Å². The van der Waals surface area contributed by atoms with Crippen LogP contribution in [0.3, 0.4) is 0 Å². The minimum Gasteiger partial charge on any atom is -0.375 e. The molecule has 5 heteroatoms. The summed E-state index contributed by atoms with van der Waals surface area (Å²) in [6.07, 6.45) is 0. The van der Waals surface area contributed by atoms with Crippen LogP contribution in [0.1, 0.15) is 18.4 Å². The van der Waals surface area contributed by atoms with E-state index in [-0.39, 0.29) is 18.3 Å². The molecule has 1 aliphatic heterocycles. The number of benzene rings is 1. The molecule has 1 atom stereocenters. The molecule has 1 aromatic rings. The molecular weight excluding hydrogens is 271 g/mol. The molecular formula is C16H23FN2O2. The van der Waals surface area contributed by atoms with Crippen LogP contribution in [0.2, 0.25) is 0 Å². The zero-order chi connectivity index (χ0) is 15.2. The van der Waals surface area contributed by atoms with Crippen molar-refractivity contribution in [3.8, 4) is 0 Å². The molecule has 1 aromatic carbocycles.